The van der Waals surface area contributed by atoms with Crippen LogP contribution in [0.25, 0.3) is 0 Å². The normalized spacial score (nSPS) is 11.6. The number of alkyl halides is 3. The Bertz CT molecular complexity index is 602. The van der Waals surface area contributed by atoms with Crippen molar-refractivity contribution in [3.8, 4) is 0 Å². The van der Waals surface area contributed by atoms with Crippen LogP contribution >= 0.6 is 0 Å². The number of rotatable bonds is 3. The van der Waals surface area contributed by atoms with Gasteiger partial charge in [0.05, 0.1) is 5.56 Å². The van der Waals surface area contributed by atoms with Crippen LogP contribution in [0, 0.1) is 0 Å². The lowest BCUT2D eigenvalue weighted by Crippen LogP contribution is -2.12. The van der Waals surface area contributed by atoms with Gasteiger partial charge in [0, 0.05) is 18.3 Å². The molecule has 3 nitrogen and oxygen atoms in total. The minimum absolute atomic E-state index is 0.00465. The molecular weight excluding hydrogens is 257 g/mol. The molecule has 19 heavy (non-hydrogen) atoms. The first-order chi connectivity index (χ1) is 8.93. The van der Waals surface area contributed by atoms with Crippen LogP contribution in [0.1, 0.15) is 28.5 Å². The highest BCUT2D eigenvalue weighted by Gasteiger charge is 2.31. The Balaban J connectivity index is 2.40. The number of halogens is 3. The third-order valence-corrected chi connectivity index (χ3v) is 2.70. The molecule has 1 aromatic heterocycles. The average Bonchev–Trinajstić information content (AvgIpc) is 2.85. The molecule has 0 saturated carbocycles. The van der Waals surface area contributed by atoms with Gasteiger partial charge in [-0.15, -0.1) is 0 Å². The van der Waals surface area contributed by atoms with Gasteiger partial charge in [-0.3, -0.25) is 9.48 Å². The first kappa shape index (κ1) is 13.3. The van der Waals surface area contributed by atoms with E-state index in [-0.39, 0.29) is 11.3 Å². The summed E-state index contributed by atoms with van der Waals surface area (Å²) >= 11 is 0. The van der Waals surface area contributed by atoms with Crippen molar-refractivity contribution < 1.29 is 18.0 Å². The lowest BCUT2D eigenvalue weighted by atomic mass is 10.0. The Morgan fingerprint density at radius 3 is 2.68 bits per heavy atom. The molecule has 0 unspecified atom stereocenters. The van der Waals surface area contributed by atoms with Gasteiger partial charge in [-0.25, -0.2) is 0 Å². The summed E-state index contributed by atoms with van der Waals surface area (Å²) < 4.78 is 39.2. The van der Waals surface area contributed by atoms with Crippen LogP contribution in [-0.2, 0) is 12.7 Å². The molecule has 0 aliphatic rings. The summed E-state index contributed by atoms with van der Waals surface area (Å²) in [6.07, 6.45) is -3.01. The van der Waals surface area contributed by atoms with E-state index in [1.165, 1.54) is 29.1 Å². The zero-order valence-electron chi connectivity index (χ0n) is 10.1. The third kappa shape index (κ3) is 2.67. The van der Waals surface area contributed by atoms with Crippen molar-refractivity contribution in [2.24, 2.45) is 0 Å². The highest BCUT2D eigenvalue weighted by atomic mass is 19.4. The molecular formula is C13H11F3N2O. The maximum absolute atomic E-state index is 12.6. The Hall–Kier alpha value is -2.11. The van der Waals surface area contributed by atoms with Gasteiger partial charge in [-0.1, -0.05) is 12.1 Å². The fraction of sp³-hybridized carbons (Fsp3) is 0.231. The Labute approximate surface area is 107 Å². The van der Waals surface area contributed by atoms with Crippen LogP contribution in [0.4, 0.5) is 13.2 Å². The fourth-order valence-corrected chi connectivity index (χ4v) is 1.76. The van der Waals surface area contributed by atoms with Crippen molar-refractivity contribution in [3.63, 3.8) is 0 Å². The maximum Gasteiger partial charge on any atom is 0.416 e. The molecule has 6 heteroatoms. The fourth-order valence-electron chi connectivity index (χ4n) is 1.76. The van der Waals surface area contributed by atoms with E-state index < -0.39 is 17.5 Å². The smallest absolute Gasteiger partial charge is 0.287 e. The van der Waals surface area contributed by atoms with E-state index in [1.54, 1.807) is 6.92 Å². The molecule has 100 valence electrons. The number of aryl methyl sites for hydroxylation is 1. The van der Waals surface area contributed by atoms with Gasteiger partial charge in [0.2, 0.25) is 5.78 Å². The Morgan fingerprint density at radius 2 is 2.05 bits per heavy atom. The second kappa shape index (κ2) is 4.87. The topological polar surface area (TPSA) is 34.9 Å². The van der Waals surface area contributed by atoms with Crippen LogP contribution in [0.5, 0.6) is 0 Å². The first-order valence-electron chi connectivity index (χ1n) is 5.67. The second-order valence-corrected chi connectivity index (χ2v) is 3.94. The summed E-state index contributed by atoms with van der Waals surface area (Å²) in [5.74, 6) is -0.467. The number of hydrogen-bond acceptors (Lipinski definition) is 2. The molecule has 1 aromatic carbocycles. The molecule has 0 radical (unpaired) electrons. The van der Waals surface area contributed by atoms with Gasteiger partial charge < -0.3 is 0 Å². The van der Waals surface area contributed by atoms with Crippen molar-refractivity contribution in [1.82, 2.24) is 9.78 Å². The van der Waals surface area contributed by atoms with E-state index in [0.717, 1.165) is 12.1 Å². The zero-order valence-corrected chi connectivity index (χ0v) is 10.1. The van der Waals surface area contributed by atoms with Crippen molar-refractivity contribution in [1.29, 1.82) is 0 Å². The molecule has 0 fully saturated rings. The first-order valence-corrected chi connectivity index (χ1v) is 5.67. The number of hydrogen-bond donors (Lipinski definition) is 0. The van der Waals surface area contributed by atoms with E-state index in [4.69, 9.17) is 0 Å². The van der Waals surface area contributed by atoms with Crippen LogP contribution in [0.15, 0.2) is 36.5 Å². The van der Waals surface area contributed by atoms with Gasteiger partial charge in [-0.05, 0) is 25.1 Å². The van der Waals surface area contributed by atoms with E-state index in [1.807, 2.05) is 0 Å². The molecule has 0 atom stereocenters. The standard InChI is InChI=1S/C13H11F3N2O/c1-2-18-11(6-7-17-18)12(19)9-4-3-5-10(8-9)13(14,15)16/h3-8H,2H2,1H3. The van der Waals surface area contributed by atoms with Gasteiger partial charge in [0.25, 0.3) is 0 Å². The quantitative estimate of drug-likeness (QED) is 0.801. The Kier molecular flexibility index (Phi) is 3.42. The highest BCUT2D eigenvalue weighted by Crippen LogP contribution is 2.29. The van der Waals surface area contributed by atoms with Crippen molar-refractivity contribution in [2.45, 2.75) is 19.6 Å². The van der Waals surface area contributed by atoms with Crippen LogP contribution in [-0.4, -0.2) is 15.6 Å². The molecule has 1 heterocycles. The number of nitrogens with zero attached hydrogens (tertiary/aromatic N) is 2. The van der Waals surface area contributed by atoms with Gasteiger partial charge >= 0.3 is 6.18 Å². The summed E-state index contributed by atoms with van der Waals surface area (Å²) in [7, 11) is 0. The number of aromatic nitrogens is 2. The van der Waals surface area contributed by atoms with E-state index in [2.05, 4.69) is 5.10 Å². The van der Waals surface area contributed by atoms with Crippen molar-refractivity contribution in [3.05, 3.63) is 53.3 Å². The number of carbonyl (C=O) groups excluding carboxylic acids is 1. The zero-order chi connectivity index (χ0) is 14.0. The lowest BCUT2D eigenvalue weighted by Gasteiger charge is -2.08. The monoisotopic (exact) mass is 268 g/mol. The predicted octanol–water partition coefficient (Wildman–Crippen LogP) is 3.15. The molecule has 0 aliphatic heterocycles. The summed E-state index contributed by atoms with van der Waals surface area (Å²) in [6, 6.07) is 5.88. The Morgan fingerprint density at radius 1 is 1.32 bits per heavy atom. The van der Waals surface area contributed by atoms with Gasteiger partial charge in [0.15, 0.2) is 0 Å². The number of benzene rings is 1. The molecule has 0 aliphatic carbocycles. The molecule has 0 N–H and O–H groups in total. The molecule has 0 bridgehead atoms. The summed E-state index contributed by atoms with van der Waals surface area (Å²) in [5.41, 5.74) is -0.548. The maximum atomic E-state index is 12.6. The molecule has 2 rings (SSSR count). The molecule has 0 spiro atoms. The van der Waals surface area contributed by atoms with Crippen molar-refractivity contribution in [2.75, 3.05) is 0 Å². The summed E-state index contributed by atoms with van der Waals surface area (Å²) in [4.78, 5) is 12.1. The van der Waals surface area contributed by atoms with Crippen LogP contribution < -0.4 is 0 Å². The van der Waals surface area contributed by atoms with Crippen molar-refractivity contribution >= 4 is 5.78 Å². The molecule has 2 aromatic rings. The predicted molar refractivity (Wildman–Crippen MR) is 62.8 cm³/mol. The number of ketones is 1. The number of carbonyl (C=O) groups is 1. The minimum atomic E-state index is -4.46. The van der Waals surface area contributed by atoms with E-state index >= 15 is 0 Å². The van der Waals surface area contributed by atoms with Gasteiger partial charge in [0.1, 0.15) is 5.69 Å². The third-order valence-electron chi connectivity index (χ3n) is 2.70. The van der Waals surface area contributed by atoms with Gasteiger partial charge in [-0.2, -0.15) is 18.3 Å². The van der Waals surface area contributed by atoms with E-state index in [0.29, 0.717) is 6.54 Å². The van der Waals surface area contributed by atoms with Crippen LogP contribution in [0.3, 0.4) is 0 Å². The minimum Gasteiger partial charge on any atom is -0.287 e. The summed E-state index contributed by atoms with van der Waals surface area (Å²) in [5, 5.41) is 3.93. The molecule has 0 saturated heterocycles. The largest absolute Gasteiger partial charge is 0.416 e. The van der Waals surface area contributed by atoms with Crippen LogP contribution in [0.2, 0.25) is 0 Å². The SMILES string of the molecule is CCn1nccc1C(=O)c1cccc(C(F)(F)F)c1. The highest BCUT2D eigenvalue weighted by molar-refractivity contribution is 6.07. The molecule has 0 amide bonds. The van der Waals surface area contributed by atoms with E-state index in [9.17, 15) is 18.0 Å². The second-order valence-electron chi connectivity index (χ2n) is 3.94. The average molecular weight is 268 g/mol. The lowest BCUT2D eigenvalue weighted by molar-refractivity contribution is -0.137. The summed E-state index contributed by atoms with van der Waals surface area (Å²) in [6.45, 7) is 2.28.